The van der Waals surface area contributed by atoms with E-state index in [1.165, 1.54) is 39.5 Å². The predicted octanol–water partition coefficient (Wildman–Crippen LogP) is 2.34. The number of fused-ring (bicyclic) bond motifs is 3. The molecule has 0 N–H and O–H groups in total. The van der Waals surface area contributed by atoms with Gasteiger partial charge in [0.15, 0.2) is 0 Å². The number of hydrogen-bond donors (Lipinski definition) is 0. The SMILES string of the molecule is COC(=O)c1ccc(OCC2CC3CCN2CC3)cc1. The van der Waals surface area contributed by atoms with Gasteiger partial charge in [0, 0.05) is 6.04 Å². The largest absolute Gasteiger partial charge is 0.492 e. The van der Waals surface area contributed by atoms with Crippen LogP contribution in [0.2, 0.25) is 0 Å². The van der Waals surface area contributed by atoms with E-state index in [1.807, 2.05) is 12.1 Å². The number of carbonyl (C=O) groups excluding carboxylic acids is 1. The van der Waals surface area contributed by atoms with Gasteiger partial charge in [-0.05, 0) is 62.5 Å². The van der Waals surface area contributed by atoms with E-state index in [-0.39, 0.29) is 5.97 Å². The quantitative estimate of drug-likeness (QED) is 0.791. The lowest BCUT2D eigenvalue weighted by Crippen LogP contribution is -2.51. The van der Waals surface area contributed by atoms with E-state index in [0.29, 0.717) is 11.6 Å². The highest BCUT2D eigenvalue weighted by Gasteiger charge is 2.33. The first-order valence-corrected chi connectivity index (χ1v) is 7.31. The van der Waals surface area contributed by atoms with Gasteiger partial charge >= 0.3 is 5.97 Å². The zero-order chi connectivity index (χ0) is 13.9. The van der Waals surface area contributed by atoms with E-state index in [1.54, 1.807) is 12.1 Å². The number of hydrogen-bond acceptors (Lipinski definition) is 4. The molecule has 4 heteroatoms. The Kier molecular flexibility index (Phi) is 3.92. The fraction of sp³-hybridized carbons (Fsp3) is 0.562. The van der Waals surface area contributed by atoms with Crippen LogP contribution in [0, 0.1) is 5.92 Å². The summed E-state index contributed by atoms with van der Waals surface area (Å²) in [5.74, 6) is 1.41. The first kappa shape index (κ1) is 13.4. The molecule has 0 aliphatic carbocycles. The van der Waals surface area contributed by atoms with Crippen molar-refractivity contribution in [2.24, 2.45) is 5.92 Å². The van der Waals surface area contributed by atoms with Crippen LogP contribution in [-0.4, -0.2) is 43.7 Å². The second kappa shape index (κ2) is 5.83. The minimum Gasteiger partial charge on any atom is -0.492 e. The standard InChI is InChI=1S/C16H21NO3/c1-19-16(18)13-2-4-15(5-3-13)20-11-14-10-12-6-8-17(14)9-7-12/h2-5,12,14H,6-11H2,1H3. The molecule has 3 fully saturated rings. The number of ether oxygens (including phenoxy) is 2. The maximum Gasteiger partial charge on any atom is 0.337 e. The molecule has 0 radical (unpaired) electrons. The summed E-state index contributed by atoms with van der Waals surface area (Å²) in [5.41, 5.74) is 0.556. The molecule has 1 aromatic carbocycles. The molecule has 20 heavy (non-hydrogen) atoms. The van der Waals surface area contributed by atoms with Gasteiger partial charge in [0.2, 0.25) is 0 Å². The number of methoxy groups -OCH3 is 1. The van der Waals surface area contributed by atoms with Crippen molar-refractivity contribution in [1.82, 2.24) is 4.90 Å². The van der Waals surface area contributed by atoms with E-state index in [0.717, 1.165) is 18.3 Å². The second-order valence-corrected chi connectivity index (χ2v) is 5.70. The van der Waals surface area contributed by atoms with E-state index >= 15 is 0 Å². The molecule has 3 aliphatic rings. The van der Waals surface area contributed by atoms with Crippen molar-refractivity contribution in [3.05, 3.63) is 29.8 Å². The number of benzene rings is 1. The van der Waals surface area contributed by atoms with Gasteiger partial charge in [-0.2, -0.15) is 0 Å². The molecule has 0 amide bonds. The number of piperidine rings is 3. The van der Waals surface area contributed by atoms with Crippen molar-refractivity contribution < 1.29 is 14.3 Å². The minimum absolute atomic E-state index is 0.313. The Balaban J connectivity index is 1.54. The van der Waals surface area contributed by atoms with E-state index in [9.17, 15) is 4.79 Å². The number of rotatable bonds is 4. The summed E-state index contributed by atoms with van der Waals surface area (Å²) in [6.07, 6.45) is 3.97. The maximum absolute atomic E-state index is 11.3. The molecule has 3 aliphatic heterocycles. The maximum atomic E-state index is 11.3. The van der Waals surface area contributed by atoms with Gasteiger partial charge in [0.1, 0.15) is 12.4 Å². The average molecular weight is 275 g/mol. The van der Waals surface area contributed by atoms with Crippen LogP contribution in [0.25, 0.3) is 0 Å². The Morgan fingerprint density at radius 1 is 1.25 bits per heavy atom. The molecule has 1 atom stereocenters. The molecule has 0 saturated carbocycles. The molecule has 0 spiro atoms. The number of nitrogens with zero attached hydrogens (tertiary/aromatic N) is 1. The number of esters is 1. The zero-order valence-electron chi connectivity index (χ0n) is 11.9. The summed E-state index contributed by atoms with van der Waals surface area (Å²) in [6, 6.07) is 7.72. The van der Waals surface area contributed by atoms with E-state index < -0.39 is 0 Å². The van der Waals surface area contributed by atoms with Crippen LogP contribution >= 0.6 is 0 Å². The lowest BCUT2D eigenvalue weighted by atomic mass is 9.83. The Morgan fingerprint density at radius 3 is 2.50 bits per heavy atom. The molecule has 0 aromatic heterocycles. The van der Waals surface area contributed by atoms with Crippen LogP contribution in [0.3, 0.4) is 0 Å². The normalized spacial score (nSPS) is 28.1. The first-order valence-electron chi connectivity index (χ1n) is 7.31. The van der Waals surface area contributed by atoms with Crippen molar-refractivity contribution in [1.29, 1.82) is 0 Å². The summed E-state index contributed by atoms with van der Waals surface area (Å²) >= 11 is 0. The van der Waals surface area contributed by atoms with Crippen molar-refractivity contribution in [3.8, 4) is 5.75 Å². The molecule has 4 rings (SSSR count). The summed E-state index contributed by atoms with van der Waals surface area (Å²) in [4.78, 5) is 13.9. The molecule has 4 nitrogen and oxygen atoms in total. The highest BCUT2D eigenvalue weighted by molar-refractivity contribution is 5.89. The third-order valence-electron chi connectivity index (χ3n) is 4.49. The van der Waals surface area contributed by atoms with Gasteiger partial charge < -0.3 is 9.47 Å². The van der Waals surface area contributed by atoms with Crippen LogP contribution in [0.4, 0.5) is 0 Å². The molecule has 3 saturated heterocycles. The molecule has 3 heterocycles. The third kappa shape index (κ3) is 2.80. The summed E-state index contributed by atoms with van der Waals surface area (Å²) in [6.45, 7) is 3.19. The van der Waals surface area contributed by atoms with Gasteiger partial charge in [-0.3, -0.25) is 4.90 Å². The van der Waals surface area contributed by atoms with Crippen molar-refractivity contribution in [3.63, 3.8) is 0 Å². The van der Waals surface area contributed by atoms with Crippen molar-refractivity contribution in [2.45, 2.75) is 25.3 Å². The zero-order valence-corrected chi connectivity index (χ0v) is 11.9. The predicted molar refractivity (Wildman–Crippen MR) is 76.0 cm³/mol. The van der Waals surface area contributed by atoms with E-state index in [2.05, 4.69) is 9.64 Å². The van der Waals surface area contributed by atoms with Crippen LogP contribution in [0.15, 0.2) is 24.3 Å². The molecular weight excluding hydrogens is 254 g/mol. The van der Waals surface area contributed by atoms with Gasteiger partial charge in [0.05, 0.1) is 12.7 Å². The third-order valence-corrected chi connectivity index (χ3v) is 4.49. The lowest BCUT2D eigenvalue weighted by Gasteiger charge is -2.45. The Morgan fingerprint density at radius 2 is 1.95 bits per heavy atom. The van der Waals surface area contributed by atoms with Gasteiger partial charge in [-0.1, -0.05) is 0 Å². The smallest absolute Gasteiger partial charge is 0.337 e. The molecule has 108 valence electrons. The lowest BCUT2D eigenvalue weighted by molar-refractivity contribution is 0.0238. The molecular formula is C16H21NO3. The van der Waals surface area contributed by atoms with Crippen LogP contribution in [0.1, 0.15) is 29.6 Å². The van der Waals surface area contributed by atoms with Gasteiger partial charge in [0.25, 0.3) is 0 Å². The van der Waals surface area contributed by atoms with E-state index in [4.69, 9.17) is 4.74 Å². The highest BCUT2D eigenvalue weighted by Crippen LogP contribution is 2.32. The summed E-state index contributed by atoms with van der Waals surface area (Å²) in [5, 5.41) is 0. The monoisotopic (exact) mass is 275 g/mol. The van der Waals surface area contributed by atoms with Crippen LogP contribution in [0.5, 0.6) is 5.75 Å². The molecule has 2 bridgehead atoms. The topological polar surface area (TPSA) is 38.8 Å². The summed E-state index contributed by atoms with van der Waals surface area (Å²) in [7, 11) is 1.39. The summed E-state index contributed by atoms with van der Waals surface area (Å²) < 4.78 is 10.6. The minimum atomic E-state index is -0.313. The first-order chi connectivity index (χ1) is 9.76. The van der Waals surface area contributed by atoms with Crippen molar-refractivity contribution >= 4 is 5.97 Å². The van der Waals surface area contributed by atoms with Gasteiger partial charge in [-0.15, -0.1) is 0 Å². The fourth-order valence-corrected chi connectivity index (χ4v) is 3.26. The Bertz CT molecular complexity index is 463. The average Bonchev–Trinajstić information content (AvgIpc) is 2.54. The molecule has 1 aromatic rings. The number of carbonyl (C=O) groups is 1. The Labute approximate surface area is 119 Å². The molecule has 1 unspecified atom stereocenters. The second-order valence-electron chi connectivity index (χ2n) is 5.70. The van der Waals surface area contributed by atoms with Crippen LogP contribution < -0.4 is 4.74 Å². The van der Waals surface area contributed by atoms with Gasteiger partial charge in [-0.25, -0.2) is 4.79 Å². The fourth-order valence-electron chi connectivity index (χ4n) is 3.26. The van der Waals surface area contributed by atoms with Crippen molar-refractivity contribution in [2.75, 3.05) is 26.8 Å². The Hall–Kier alpha value is -1.55. The highest BCUT2D eigenvalue weighted by atomic mass is 16.5. The van der Waals surface area contributed by atoms with Crippen LogP contribution in [-0.2, 0) is 4.74 Å².